The standard InChI is InChI=1S/C10H20ClNO/c1-4-9(5-6-11)12-10(13)7-8(2)3/h8-9H,4-7H2,1-3H3,(H,12,13). The Hall–Kier alpha value is -0.240. The Labute approximate surface area is 86.0 Å². The molecule has 0 saturated heterocycles. The molecule has 0 heterocycles. The van der Waals surface area contributed by atoms with Gasteiger partial charge in [0.1, 0.15) is 0 Å². The molecule has 0 aliphatic rings. The first-order valence-corrected chi connectivity index (χ1v) is 5.48. The van der Waals surface area contributed by atoms with E-state index in [1.807, 2.05) is 13.8 Å². The summed E-state index contributed by atoms with van der Waals surface area (Å²) in [6.45, 7) is 6.15. The van der Waals surface area contributed by atoms with E-state index in [2.05, 4.69) is 12.2 Å². The van der Waals surface area contributed by atoms with Crippen LogP contribution in [0, 0.1) is 5.92 Å². The van der Waals surface area contributed by atoms with Crippen LogP contribution < -0.4 is 5.32 Å². The van der Waals surface area contributed by atoms with Crippen LogP contribution in [0.2, 0.25) is 0 Å². The molecule has 0 aromatic heterocycles. The highest BCUT2D eigenvalue weighted by Gasteiger charge is 2.10. The summed E-state index contributed by atoms with van der Waals surface area (Å²) in [6, 6.07) is 0.253. The summed E-state index contributed by atoms with van der Waals surface area (Å²) in [5.41, 5.74) is 0. The number of nitrogens with one attached hydrogen (secondary N) is 1. The first-order valence-electron chi connectivity index (χ1n) is 4.95. The van der Waals surface area contributed by atoms with Gasteiger partial charge in [-0.1, -0.05) is 20.8 Å². The lowest BCUT2D eigenvalue weighted by molar-refractivity contribution is -0.122. The molecule has 1 amide bonds. The molecule has 1 N–H and O–H groups in total. The maximum Gasteiger partial charge on any atom is 0.220 e. The summed E-state index contributed by atoms with van der Waals surface area (Å²) < 4.78 is 0. The molecule has 78 valence electrons. The van der Waals surface area contributed by atoms with Crippen LogP contribution in [-0.4, -0.2) is 17.8 Å². The molecule has 0 radical (unpaired) electrons. The molecule has 0 saturated carbocycles. The molecule has 0 aliphatic heterocycles. The molecule has 3 heteroatoms. The summed E-state index contributed by atoms with van der Waals surface area (Å²) in [4.78, 5) is 11.3. The fraction of sp³-hybridized carbons (Fsp3) is 0.900. The van der Waals surface area contributed by atoms with Crippen LogP contribution in [0.1, 0.15) is 40.0 Å². The zero-order valence-corrected chi connectivity index (χ0v) is 9.53. The van der Waals surface area contributed by atoms with Gasteiger partial charge in [0.15, 0.2) is 0 Å². The van der Waals surface area contributed by atoms with Gasteiger partial charge in [-0.25, -0.2) is 0 Å². The quantitative estimate of drug-likeness (QED) is 0.664. The van der Waals surface area contributed by atoms with Gasteiger partial charge in [-0.2, -0.15) is 0 Å². The van der Waals surface area contributed by atoms with Crippen LogP contribution in [0.25, 0.3) is 0 Å². The minimum Gasteiger partial charge on any atom is -0.353 e. The Morgan fingerprint density at radius 2 is 2.08 bits per heavy atom. The smallest absolute Gasteiger partial charge is 0.220 e. The number of hydrogen-bond donors (Lipinski definition) is 1. The Bertz CT molecular complexity index is 148. The van der Waals surface area contributed by atoms with Crippen molar-refractivity contribution in [1.82, 2.24) is 5.32 Å². The van der Waals surface area contributed by atoms with Crippen molar-refractivity contribution < 1.29 is 4.79 Å². The van der Waals surface area contributed by atoms with Crippen molar-refractivity contribution in [2.75, 3.05) is 5.88 Å². The summed E-state index contributed by atoms with van der Waals surface area (Å²) in [5.74, 6) is 1.18. The molecule has 0 aromatic rings. The molecule has 1 unspecified atom stereocenters. The van der Waals surface area contributed by atoms with E-state index in [0.717, 1.165) is 12.8 Å². The molecular formula is C10H20ClNO. The third-order valence-corrected chi connectivity index (χ3v) is 2.13. The number of hydrogen-bond acceptors (Lipinski definition) is 1. The van der Waals surface area contributed by atoms with E-state index in [-0.39, 0.29) is 11.9 Å². The fourth-order valence-corrected chi connectivity index (χ4v) is 1.43. The van der Waals surface area contributed by atoms with Crippen LogP contribution in [-0.2, 0) is 4.79 Å². The van der Waals surface area contributed by atoms with Crippen molar-refractivity contribution in [3.8, 4) is 0 Å². The normalized spacial score (nSPS) is 13.0. The van der Waals surface area contributed by atoms with Crippen LogP contribution in [0.15, 0.2) is 0 Å². The molecule has 0 aliphatic carbocycles. The van der Waals surface area contributed by atoms with Crippen molar-refractivity contribution in [2.45, 2.75) is 46.1 Å². The molecule has 2 nitrogen and oxygen atoms in total. The van der Waals surface area contributed by atoms with E-state index in [1.54, 1.807) is 0 Å². The number of carbonyl (C=O) groups is 1. The lowest BCUT2D eigenvalue weighted by Gasteiger charge is -2.16. The minimum atomic E-state index is 0.145. The monoisotopic (exact) mass is 205 g/mol. The third-order valence-electron chi connectivity index (χ3n) is 1.91. The van der Waals surface area contributed by atoms with E-state index in [1.165, 1.54) is 0 Å². The van der Waals surface area contributed by atoms with Gasteiger partial charge in [0, 0.05) is 18.3 Å². The zero-order chi connectivity index (χ0) is 10.3. The van der Waals surface area contributed by atoms with Gasteiger partial charge >= 0.3 is 0 Å². The Morgan fingerprint density at radius 1 is 1.46 bits per heavy atom. The maximum atomic E-state index is 11.3. The van der Waals surface area contributed by atoms with Crippen molar-refractivity contribution in [3.05, 3.63) is 0 Å². The predicted molar refractivity (Wildman–Crippen MR) is 57.0 cm³/mol. The summed E-state index contributed by atoms with van der Waals surface area (Å²) in [5, 5.41) is 2.98. The fourth-order valence-electron chi connectivity index (χ4n) is 1.17. The van der Waals surface area contributed by atoms with Crippen molar-refractivity contribution in [1.29, 1.82) is 0 Å². The van der Waals surface area contributed by atoms with Crippen molar-refractivity contribution in [3.63, 3.8) is 0 Å². The molecule has 0 rings (SSSR count). The second-order valence-electron chi connectivity index (χ2n) is 3.75. The van der Waals surface area contributed by atoms with Gasteiger partial charge in [0.2, 0.25) is 5.91 Å². The number of halogens is 1. The maximum absolute atomic E-state index is 11.3. The second kappa shape index (κ2) is 7.19. The highest BCUT2D eigenvalue weighted by atomic mass is 35.5. The average molecular weight is 206 g/mol. The van der Waals surface area contributed by atoms with E-state index in [4.69, 9.17) is 11.6 Å². The van der Waals surface area contributed by atoms with Gasteiger partial charge in [-0.3, -0.25) is 4.79 Å². The number of alkyl halides is 1. The Balaban J connectivity index is 3.73. The van der Waals surface area contributed by atoms with Crippen LogP contribution in [0.5, 0.6) is 0 Å². The van der Waals surface area contributed by atoms with Crippen LogP contribution in [0.3, 0.4) is 0 Å². The van der Waals surface area contributed by atoms with E-state index in [0.29, 0.717) is 18.2 Å². The van der Waals surface area contributed by atoms with E-state index < -0.39 is 0 Å². The third kappa shape index (κ3) is 6.88. The number of amides is 1. The minimum absolute atomic E-state index is 0.145. The SMILES string of the molecule is CCC(CCCl)NC(=O)CC(C)C. The lowest BCUT2D eigenvalue weighted by atomic mass is 10.1. The van der Waals surface area contributed by atoms with E-state index >= 15 is 0 Å². The van der Waals surface area contributed by atoms with Crippen molar-refractivity contribution >= 4 is 17.5 Å². The Morgan fingerprint density at radius 3 is 2.46 bits per heavy atom. The Kier molecular flexibility index (Phi) is 7.06. The first-order chi connectivity index (χ1) is 6.10. The van der Waals surface area contributed by atoms with Gasteiger partial charge in [-0.05, 0) is 18.8 Å². The number of carbonyl (C=O) groups excluding carboxylic acids is 1. The molecule has 0 aromatic carbocycles. The van der Waals surface area contributed by atoms with Gasteiger partial charge in [0.25, 0.3) is 0 Å². The molecular weight excluding hydrogens is 186 g/mol. The highest BCUT2D eigenvalue weighted by Crippen LogP contribution is 2.03. The second-order valence-corrected chi connectivity index (χ2v) is 4.13. The van der Waals surface area contributed by atoms with Crippen LogP contribution in [0.4, 0.5) is 0 Å². The largest absolute Gasteiger partial charge is 0.353 e. The van der Waals surface area contributed by atoms with Gasteiger partial charge in [0.05, 0.1) is 0 Å². The molecule has 0 fully saturated rings. The van der Waals surface area contributed by atoms with Crippen molar-refractivity contribution in [2.24, 2.45) is 5.92 Å². The van der Waals surface area contributed by atoms with Crippen LogP contribution >= 0.6 is 11.6 Å². The first kappa shape index (κ1) is 12.8. The predicted octanol–water partition coefficient (Wildman–Crippen LogP) is 2.56. The topological polar surface area (TPSA) is 29.1 Å². The lowest BCUT2D eigenvalue weighted by Crippen LogP contribution is -2.35. The molecule has 13 heavy (non-hydrogen) atoms. The molecule has 1 atom stereocenters. The summed E-state index contributed by atoms with van der Waals surface area (Å²) in [7, 11) is 0. The number of rotatable bonds is 6. The average Bonchev–Trinajstić information content (AvgIpc) is 2.02. The molecule has 0 bridgehead atoms. The van der Waals surface area contributed by atoms with Gasteiger partial charge < -0.3 is 5.32 Å². The summed E-state index contributed by atoms with van der Waals surface area (Å²) in [6.07, 6.45) is 2.43. The zero-order valence-electron chi connectivity index (χ0n) is 8.77. The van der Waals surface area contributed by atoms with Gasteiger partial charge in [-0.15, -0.1) is 11.6 Å². The highest BCUT2D eigenvalue weighted by molar-refractivity contribution is 6.17. The van der Waals surface area contributed by atoms with E-state index in [9.17, 15) is 4.79 Å². The summed E-state index contributed by atoms with van der Waals surface area (Å²) >= 11 is 5.61. The molecule has 0 spiro atoms.